The van der Waals surface area contributed by atoms with Crippen LogP contribution in [0.5, 0.6) is 0 Å². The number of aromatic nitrogens is 3. The number of rotatable bonds is 13. The van der Waals surface area contributed by atoms with Crippen LogP contribution in [0.15, 0.2) is 34.1 Å². The van der Waals surface area contributed by atoms with Crippen LogP contribution in [0, 0.1) is 16.7 Å². The average Bonchev–Trinajstić information content (AvgIpc) is 3.77. The highest BCUT2D eigenvalue weighted by Crippen LogP contribution is 2.60. The quantitative estimate of drug-likeness (QED) is 0.174. The van der Waals surface area contributed by atoms with Gasteiger partial charge in [0, 0.05) is 27.3 Å². The molecule has 1 saturated carbocycles. The molecule has 1 aliphatic heterocycles. The van der Waals surface area contributed by atoms with E-state index in [2.05, 4.69) is 36.4 Å². The first kappa shape index (κ1) is 40.6. The monoisotopic (exact) mass is 756 g/mol. The van der Waals surface area contributed by atoms with E-state index in [9.17, 15) is 24.0 Å². The first-order chi connectivity index (χ1) is 25.6. The Labute approximate surface area is 314 Å². The first-order valence-corrected chi connectivity index (χ1v) is 18.3. The van der Waals surface area contributed by atoms with E-state index in [4.69, 9.17) is 32.8 Å². The number of aryl methyl sites for hydroxylation is 1. The minimum absolute atomic E-state index is 0.0789. The van der Waals surface area contributed by atoms with Crippen LogP contribution in [0.4, 0.5) is 0 Å². The Morgan fingerprint density at radius 3 is 2.28 bits per heavy atom. The van der Waals surface area contributed by atoms with E-state index in [1.807, 2.05) is 6.07 Å². The molecular formula is C38H52N4O12. The Morgan fingerprint density at radius 1 is 0.926 bits per heavy atom. The normalized spacial score (nSPS) is 29.5. The fourth-order valence-corrected chi connectivity index (χ4v) is 8.98. The van der Waals surface area contributed by atoms with E-state index in [1.54, 1.807) is 6.26 Å². The molecule has 3 aliphatic rings. The standard InChI is InChI=1S/C38H52N4O12/c1-21-10-13-29-37(5,15-9-16-38(29,6)36(47)49-8)27(21)12-11-25-14-17-50-28(25)19-39-18-26-20-42(41-40-26)34-32(53-24(4)45)30(51-22(2)43)31(52-23(3)44)33(54-34)35(46)48-7/h14,17,20,29-34,39H,9-13,15-16,18-19H2,1-8H3/t29-,30-,31+,32-,33+,34-,37-,38+/m1/s1. The van der Waals surface area contributed by atoms with Crippen LogP contribution in [0.25, 0.3) is 0 Å². The molecular weight excluding hydrogens is 704 g/mol. The van der Waals surface area contributed by atoms with Crippen molar-refractivity contribution in [3.05, 3.63) is 46.7 Å². The molecule has 0 amide bonds. The molecule has 54 heavy (non-hydrogen) atoms. The molecule has 1 saturated heterocycles. The van der Waals surface area contributed by atoms with Gasteiger partial charge in [-0.2, -0.15) is 0 Å². The summed E-state index contributed by atoms with van der Waals surface area (Å²) in [5.41, 5.74) is 3.82. The van der Waals surface area contributed by atoms with E-state index >= 15 is 0 Å². The lowest BCUT2D eigenvalue weighted by Gasteiger charge is -2.54. The fraction of sp³-hybridized carbons (Fsp3) is 0.658. The van der Waals surface area contributed by atoms with E-state index < -0.39 is 59.9 Å². The molecule has 0 spiro atoms. The Bertz CT molecular complexity index is 1750. The lowest BCUT2D eigenvalue weighted by atomic mass is 9.49. The van der Waals surface area contributed by atoms with Crippen LogP contribution in [-0.2, 0) is 71.9 Å². The molecule has 296 valence electrons. The number of fused-ring (bicyclic) bond motifs is 1. The van der Waals surface area contributed by atoms with Gasteiger partial charge in [0.25, 0.3) is 0 Å². The predicted octanol–water partition coefficient (Wildman–Crippen LogP) is 4.06. The Kier molecular flexibility index (Phi) is 12.7. The fourth-order valence-electron chi connectivity index (χ4n) is 8.98. The number of furan rings is 1. The number of esters is 5. The number of carbonyl (C=O) groups excluding carboxylic acids is 5. The third-order valence-electron chi connectivity index (χ3n) is 11.3. The van der Waals surface area contributed by atoms with Crippen molar-refractivity contribution in [3.8, 4) is 0 Å². The number of hydrogen-bond donors (Lipinski definition) is 1. The van der Waals surface area contributed by atoms with Crippen LogP contribution < -0.4 is 5.32 Å². The van der Waals surface area contributed by atoms with Crippen molar-refractivity contribution in [2.24, 2.45) is 16.7 Å². The lowest BCUT2D eigenvalue weighted by Crippen LogP contribution is -2.61. The van der Waals surface area contributed by atoms with E-state index in [1.165, 1.54) is 29.1 Å². The van der Waals surface area contributed by atoms with E-state index in [0.717, 1.165) is 84.2 Å². The van der Waals surface area contributed by atoms with Gasteiger partial charge in [-0.1, -0.05) is 29.7 Å². The number of methoxy groups -OCH3 is 2. The number of ether oxygens (including phenoxy) is 6. The van der Waals surface area contributed by atoms with Crippen LogP contribution in [0.1, 0.15) is 103 Å². The maximum Gasteiger partial charge on any atom is 0.339 e. The van der Waals surface area contributed by atoms with Crippen molar-refractivity contribution in [1.82, 2.24) is 20.3 Å². The van der Waals surface area contributed by atoms with Crippen molar-refractivity contribution >= 4 is 29.8 Å². The molecule has 8 atom stereocenters. The Hall–Kier alpha value is -4.57. The molecule has 0 aromatic carbocycles. The number of carbonyl (C=O) groups is 5. The van der Waals surface area contributed by atoms with Gasteiger partial charge in [0.2, 0.25) is 0 Å². The predicted molar refractivity (Wildman–Crippen MR) is 188 cm³/mol. The minimum Gasteiger partial charge on any atom is -0.469 e. The summed E-state index contributed by atoms with van der Waals surface area (Å²) >= 11 is 0. The average molecular weight is 757 g/mol. The van der Waals surface area contributed by atoms with Gasteiger partial charge in [0.15, 0.2) is 30.6 Å². The van der Waals surface area contributed by atoms with E-state index in [0.29, 0.717) is 12.2 Å². The zero-order valence-corrected chi connectivity index (χ0v) is 32.3. The molecule has 0 unspecified atom stereocenters. The van der Waals surface area contributed by atoms with Crippen molar-refractivity contribution < 1.29 is 56.8 Å². The SMILES string of the molecule is COC(=O)[C@H]1O[C@@H](n2cc(CNCc3occc3CCC3=C(C)CC[C@H]4[C@@](C)(C(=O)OC)CCC[C@]34C)nn2)[C@H](OC(C)=O)[C@H](OC(C)=O)[C@@H]1OC(C)=O. The second-order valence-corrected chi connectivity index (χ2v) is 14.9. The largest absolute Gasteiger partial charge is 0.469 e. The first-order valence-electron chi connectivity index (χ1n) is 18.3. The lowest BCUT2D eigenvalue weighted by molar-refractivity contribution is -0.265. The molecule has 3 heterocycles. The highest BCUT2D eigenvalue weighted by molar-refractivity contribution is 5.78. The Balaban J connectivity index is 1.27. The molecule has 1 N–H and O–H groups in total. The van der Waals surface area contributed by atoms with Gasteiger partial charge in [-0.05, 0) is 75.3 Å². The maximum atomic E-state index is 13.0. The number of nitrogens with one attached hydrogen (secondary N) is 1. The maximum absolute atomic E-state index is 13.0. The third-order valence-corrected chi connectivity index (χ3v) is 11.3. The van der Waals surface area contributed by atoms with Crippen LogP contribution in [0.3, 0.4) is 0 Å². The summed E-state index contributed by atoms with van der Waals surface area (Å²) in [5.74, 6) is -2.33. The van der Waals surface area contributed by atoms with Crippen molar-refractivity contribution in [1.29, 1.82) is 0 Å². The zero-order valence-electron chi connectivity index (χ0n) is 32.3. The van der Waals surface area contributed by atoms with Crippen molar-refractivity contribution in [2.45, 2.75) is 130 Å². The Morgan fingerprint density at radius 2 is 1.61 bits per heavy atom. The minimum atomic E-state index is -1.56. The second-order valence-electron chi connectivity index (χ2n) is 14.9. The van der Waals surface area contributed by atoms with Gasteiger partial charge < -0.3 is 38.2 Å². The number of hydrogen-bond acceptors (Lipinski definition) is 15. The van der Waals surface area contributed by atoms with Crippen LogP contribution in [-0.4, -0.2) is 83.5 Å². The molecule has 2 aromatic heterocycles. The molecule has 16 heteroatoms. The van der Waals surface area contributed by atoms with Gasteiger partial charge in [-0.15, -0.1) is 5.10 Å². The third kappa shape index (κ3) is 8.38. The molecule has 5 rings (SSSR count). The van der Waals surface area contributed by atoms with Gasteiger partial charge in [-0.25, -0.2) is 9.48 Å². The summed E-state index contributed by atoms with van der Waals surface area (Å²) in [6, 6.07) is 1.99. The summed E-state index contributed by atoms with van der Waals surface area (Å²) in [6.45, 7) is 10.7. The summed E-state index contributed by atoms with van der Waals surface area (Å²) in [5, 5.41) is 11.7. The highest BCUT2D eigenvalue weighted by atomic mass is 16.7. The van der Waals surface area contributed by atoms with Gasteiger partial charge in [-0.3, -0.25) is 19.2 Å². The van der Waals surface area contributed by atoms with Crippen molar-refractivity contribution in [3.63, 3.8) is 0 Å². The highest BCUT2D eigenvalue weighted by Gasteiger charge is 2.57. The molecule has 0 radical (unpaired) electrons. The second kappa shape index (κ2) is 16.8. The van der Waals surface area contributed by atoms with Gasteiger partial charge >= 0.3 is 29.8 Å². The van der Waals surface area contributed by atoms with Crippen LogP contribution in [0.2, 0.25) is 0 Å². The molecule has 0 bridgehead atoms. The number of nitrogens with zero attached hydrogens (tertiary/aromatic N) is 3. The number of allylic oxidation sites excluding steroid dienone is 2. The van der Waals surface area contributed by atoms with Gasteiger partial charge in [0.05, 0.1) is 44.3 Å². The van der Waals surface area contributed by atoms with Crippen molar-refractivity contribution in [2.75, 3.05) is 14.2 Å². The summed E-state index contributed by atoms with van der Waals surface area (Å²) in [6.07, 6.45) is 2.48. The molecule has 2 aliphatic carbocycles. The zero-order chi connectivity index (χ0) is 39.4. The van der Waals surface area contributed by atoms with E-state index in [-0.39, 0.29) is 23.8 Å². The summed E-state index contributed by atoms with van der Waals surface area (Å²) < 4.78 is 39.6. The van der Waals surface area contributed by atoms with Gasteiger partial charge in [0.1, 0.15) is 5.76 Å². The molecule has 16 nitrogen and oxygen atoms in total. The summed E-state index contributed by atoms with van der Waals surface area (Å²) in [7, 11) is 2.61. The molecule has 2 aromatic rings. The summed E-state index contributed by atoms with van der Waals surface area (Å²) in [4.78, 5) is 62.1. The van der Waals surface area contributed by atoms with Crippen LogP contribution >= 0.6 is 0 Å². The smallest absolute Gasteiger partial charge is 0.339 e. The molecule has 2 fully saturated rings. The topological polar surface area (TPSA) is 197 Å².